The van der Waals surface area contributed by atoms with E-state index < -0.39 is 0 Å². The topological polar surface area (TPSA) is 46.6 Å². The Labute approximate surface area is 180 Å². The van der Waals surface area contributed by atoms with Crippen LogP contribution in [-0.2, 0) is 9.59 Å². The van der Waals surface area contributed by atoms with Crippen LogP contribution in [0, 0.1) is 35.5 Å². The van der Waals surface area contributed by atoms with E-state index in [1.165, 1.54) is 16.7 Å². The van der Waals surface area contributed by atoms with E-state index in [2.05, 4.69) is 24.3 Å². The van der Waals surface area contributed by atoms with Crippen LogP contribution in [0.2, 0.25) is 0 Å². The third kappa shape index (κ3) is 2.42. The Balaban J connectivity index is 1.15. The summed E-state index contributed by atoms with van der Waals surface area (Å²) in [5, 5.41) is 2.28. The Hall–Kier alpha value is -3.40. The van der Waals surface area contributed by atoms with Crippen molar-refractivity contribution in [3.8, 4) is 11.5 Å². The predicted molar refractivity (Wildman–Crippen MR) is 118 cm³/mol. The minimum Gasteiger partial charge on any atom is -0.457 e. The molecule has 2 amide bonds. The van der Waals surface area contributed by atoms with E-state index in [-0.39, 0.29) is 35.5 Å². The number of benzene rings is 3. The van der Waals surface area contributed by atoms with Crippen LogP contribution in [0.1, 0.15) is 6.42 Å². The Morgan fingerprint density at radius 3 is 2.00 bits per heavy atom. The van der Waals surface area contributed by atoms with Crippen LogP contribution in [0.5, 0.6) is 11.5 Å². The number of imide groups is 1. The van der Waals surface area contributed by atoms with Crippen molar-refractivity contribution in [2.75, 3.05) is 4.90 Å². The summed E-state index contributed by atoms with van der Waals surface area (Å²) in [5.41, 5.74) is 0.642. The molecule has 4 heteroatoms. The van der Waals surface area contributed by atoms with E-state index in [9.17, 15) is 9.59 Å². The molecule has 3 aromatic rings. The number of carbonyl (C=O) groups is 2. The first kappa shape index (κ1) is 17.3. The number of rotatable bonds is 3. The predicted octanol–water partition coefficient (Wildman–Crippen LogP) is 5.19. The van der Waals surface area contributed by atoms with Crippen molar-refractivity contribution in [1.82, 2.24) is 0 Å². The molecule has 0 radical (unpaired) electrons. The summed E-state index contributed by atoms with van der Waals surface area (Å²) < 4.78 is 6.02. The molecule has 0 spiro atoms. The highest BCUT2D eigenvalue weighted by Gasteiger charge is 2.67. The van der Waals surface area contributed by atoms with Gasteiger partial charge in [-0.1, -0.05) is 42.5 Å². The summed E-state index contributed by atoms with van der Waals surface area (Å²) in [4.78, 5) is 27.9. The molecular formula is C27H21NO3. The monoisotopic (exact) mass is 407 g/mol. The van der Waals surface area contributed by atoms with Gasteiger partial charge in [-0.25, -0.2) is 0 Å². The van der Waals surface area contributed by atoms with Gasteiger partial charge in [-0.3, -0.25) is 14.5 Å². The minimum absolute atomic E-state index is 0.0251. The number of anilines is 1. The van der Waals surface area contributed by atoms with Gasteiger partial charge in [0.2, 0.25) is 11.8 Å². The maximum Gasteiger partial charge on any atom is 0.238 e. The standard InChI is InChI=1S/C27H21NO3/c29-26-24-20-11-12-21(23-14-22(20)23)25(24)27(30)28(26)17-6-9-18(10-7-17)31-19-8-5-15-3-1-2-4-16(15)13-19/h1-13,20-25H,14H2/t20-,21+,22-,23-,24+,25-/m1/s1. The molecule has 0 aromatic heterocycles. The molecule has 31 heavy (non-hydrogen) atoms. The number of carbonyl (C=O) groups excluding carboxylic acids is 2. The third-order valence-corrected chi connectivity index (χ3v) is 7.71. The zero-order valence-electron chi connectivity index (χ0n) is 16.8. The van der Waals surface area contributed by atoms with Crippen molar-refractivity contribution < 1.29 is 14.3 Å². The van der Waals surface area contributed by atoms with E-state index in [1.54, 1.807) is 0 Å². The third-order valence-electron chi connectivity index (χ3n) is 7.71. The maximum absolute atomic E-state index is 13.2. The zero-order valence-corrected chi connectivity index (χ0v) is 16.8. The molecular weight excluding hydrogens is 386 g/mol. The molecule has 4 nitrogen and oxygen atoms in total. The van der Waals surface area contributed by atoms with Crippen LogP contribution in [0.25, 0.3) is 10.8 Å². The second kappa shape index (κ2) is 6.07. The van der Waals surface area contributed by atoms with Crippen molar-refractivity contribution in [2.24, 2.45) is 35.5 Å². The number of hydrogen-bond acceptors (Lipinski definition) is 3. The Morgan fingerprint density at radius 2 is 1.32 bits per heavy atom. The normalized spacial score (nSPS) is 32.3. The first-order valence-corrected chi connectivity index (χ1v) is 11.0. The van der Waals surface area contributed by atoms with Gasteiger partial charge in [0.1, 0.15) is 11.5 Å². The summed E-state index contributed by atoms with van der Waals surface area (Å²) in [6, 6.07) is 21.4. The number of nitrogens with zero attached hydrogens (tertiary/aromatic N) is 1. The number of ether oxygens (including phenoxy) is 1. The summed E-state index contributed by atoms with van der Waals surface area (Å²) >= 11 is 0. The highest BCUT2D eigenvalue weighted by atomic mass is 16.5. The van der Waals surface area contributed by atoms with Gasteiger partial charge < -0.3 is 4.74 Å². The van der Waals surface area contributed by atoms with Crippen molar-refractivity contribution in [1.29, 1.82) is 0 Å². The van der Waals surface area contributed by atoms with Gasteiger partial charge in [-0.15, -0.1) is 0 Å². The highest BCUT2D eigenvalue weighted by molar-refractivity contribution is 6.22. The lowest BCUT2D eigenvalue weighted by Gasteiger charge is -2.37. The van der Waals surface area contributed by atoms with Crippen molar-refractivity contribution in [2.45, 2.75) is 6.42 Å². The lowest BCUT2D eigenvalue weighted by Crippen LogP contribution is -2.40. The zero-order chi connectivity index (χ0) is 20.7. The van der Waals surface area contributed by atoms with Crippen LogP contribution in [-0.4, -0.2) is 11.8 Å². The van der Waals surface area contributed by atoms with Crippen LogP contribution in [0.15, 0.2) is 78.9 Å². The van der Waals surface area contributed by atoms with E-state index >= 15 is 0 Å². The fourth-order valence-electron chi connectivity index (χ4n) is 6.24. The molecule has 6 atom stereocenters. The largest absolute Gasteiger partial charge is 0.457 e. The highest BCUT2D eigenvalue weighted by Crippen LogP contribution is 2.65. The van der Waals surface area contributed by atoms with Gasteiger partial charge in [0.25, 0.3) is 0 Å². The molecule has 3 aromatic carbocycles. The minimum atomic E-state index is -0.167. The molecule has 0 unspecified atom stereocenters. The van der Waals surface area contributed by atoms with E-state index in [0.717, 1.165) is 11.1 Å². The van der Waals surface area contributed by atoms with Gasteiger partial charge in [-0.05, 0) is 77.3 Å². The maximum atomic E-state index is 13.2. The number of fused-ring (bicyclic) bond motifs is 1. The van der Waals surface area contributed by atoms with Gasteiger partial charge in [0, 0.05) is 0 Å². The van der Waals surface area contributed by atoms with Crippen LogP contribution in [0.3, 0.4) is 0 Å². The molecule has 5 aliphatic rings. The molecule has 1 heterocycles. The van der Waals surface area contributed by atoms with Crippen molar-refractivity contribution >= 4 is 28.3 Å². The molecule has 1 saturated heterocycles. The second-order valence-corrected chi connectivity index (χ2v) is 9.27. The Kier molecular flexibility index (Phi) is 3.39. The number of allylic oxidation sites excluding steroid dienone is 2. The SMILES string of the molecule is O=C1[C@@H]2[C@H]3C=C[C@H]([C@H]4C[C@H]34)[C@@H]2C(=O)N1c1ccc(Oc2ccc3ccccc3c2)cc1. The van der Waals surface area contributed by atoms with Crippen LogP contribution < -0.4 is 9.64 Å². The van der Waals surface area contributed by atoms with Crippen LogP contribution in [0.4, 0.5) is 5.69 Å². The van der Waals surface area contributed by atoms with Crippen molar-refractivity contribution in [3.63, 3.8) is 0 Å². The molecule has 0 N–H and O–H groups in total. The van der Waals surface area contributed by atoms with E-state index in [1.807, 2.05) is 54.6 Å². The lowest BCUT2D eigenvalue weighted by atomic mass is 9.63. The molecule has 1 aliphatic heterocycles. The summed E-state index contributed by atoms with van der Waals surface area (Å²) in [6.07, 6.45) is 5.58. The summed E-state index contributed by atoms with van der Waals surface area (Å²) in [6.45, 7) is 0. The van der Waals surface area contributed by atoms with Crippen molar-refractivity contribution in [3.05, 3.63) is 78.9 Å². The first-order valence-electron chi connectivity index (χ1n) is 11.0. The van der Waals surface area contributed by atoms with E-state index in [4.69, 9.17) is 4.74 Å². The number of hydrogen-bond donors (Lipinski definition) is 0. The summed E-state index contributed by atoms with van der Waals surface area (Å²) in [5.74, 6) is 2.78. The Morgan fingerprint density at radius 1 is 0.710 bits per heavy atom. The van der Waals surface area contributed by atoms with Gasteiger partial charge >= 0.3 is 0 Å². The van der Waals surface area contributed by atoms with Crippen LogP contribution >= 0.6 is 0 Å². The summed E-state index contributed by atoms with van der Waals surface area (Å²) in [7, 11) is 0. The quantitative estimate of drug-likeness (QED) is 0.443. The molecule has 8 rings (SSSR count). The molecule has 2 bridgehead atoms. The average Bonchev–Trinajstić information content (AvgIpc) is 3.58. The molecule has 3 fully saturated rings. The van der Waals surface area contributed by atoms with Gasteiger partial charge in [0.05, 0.1) is 17.5 Å². The fourth-order valence-corrected chi connectivity index (χ4v) is 6.24. The first-order chi connectivity index (χ1) is 15.2. The smallest absolute Gasteiger partial charge is 0.238 e. The van der Waals surface area contributed by atoms with Gasteiger partial charge in [-0.2, -0.15) is 0 Å². The van der Waals surface area contributed by atoms with Gasteiger partial charge in [0.15, 0.2) is 0 Å². The number of amides is 2. The second-order valence-electron chi connectivity index (χ2n) is 9.27. The van der Waals surface area contributed by atoms with E-state index in [0.29, 0.717) is 23.3 Å². The molecule has 2 saturated carbocycles. The Bertz CT molecular complexity index is 1240. The lowest BCUT2D eigenvalue weighted by molar-refractivity contribution is -0.124. The molecule has 4 aliphatic carbocycles. The average molecular weight is 407 g/mol. The molecule has 152 valence electrons. The fraction of sp³-hybridized carbons (Fsp3) is 0.259.